The predicted molar refractivity (Wildman–Crippen MR) is 83.7 cm³/mol. The molecule has 20 heavy (non-hydrogen) atoms. The zero-order valence-corrected chi connectivity index (χ0v) is 12.6. The van der Waals surface area contributed by atoms with Crippen molar-refractivity contribution >= 4 is 23.4 Å². The van der Waals surface area contributed by atoms with Crippen molar-refractivity contribution in [3.05, 3.63) is 29.8 Å². The Kier molecular flexibility index (Phi) is 5.49. The largest absolute Gasteiger partial charge is 0.325 e. The van der Waals surface area contributed by atoms with Gasteiger partial charge in [0, 0.05) is 10.9 Å². The molecule has 1 N–H and O–H groups in total. The molecule has 1 aromatic rings. The van der Waals surface area contributed by atoms with Crippen molar-refractivity contribution in [3.8, 4) is 6.07 Å². The summed E-state index contributed by atoms with van der Waals surface area (Å²) in [4.78, 5) is 12.2. The van der Waals surface area contributed by atoms with Crippen molar-refractivity contribution in [1.29, 1.82) is 5.26 Å². The molecule has 0 aromatic heterocycles. The molecule has 0 unspecified atom stereocenters. The molecule has 0 saturated heterocycles. The van der Waals surface area contributed by atoms with E-state index in [-0.39, 0.29) is 11.2 Å². The Hall–Kier alpha value is -1.47. The number of thioether (sulfide) groups is 1. The molecular formula is C16H20N2OS. The second-order valence-corrected chi connectivity index (χ2v) is 6.87. The van der Waals surface area contributed by atoms with Gasteiger partial charge in [-0.1, -0.05) is 25.3 Å². The topological polar surface area (TPSA) is 52.9 Å². The lowest BCUT2D eigenvalue weighted by Gasteiger charge is -2.23. The molecule has 0 aliphatic heterocycles. The Morgan fingerprint density at radius 1 is 1.40 bits per heavy atom. The molecule has 1 amide bonds. The van der Waals surface area contributed by atoms with Crippen molar-refractivity contribution in [2.24, 2.45) is 0 Å². The summed E-state index contributed by atoms with van der Waals surface area (Å²) >= 11 is 1.78. The Labute approximate surface area is 124 Å². The summed E-state index contributed by atoms with van der Waals surface area (Å²) in [6.45, 7) is 1.96. The second kappa shape index (κ2) is 7.35. The molecule has 0 heterocycles. The minimum absolute atomic E-state index is 0.0238. The number of rotatable bonds is 4. The smallest absolute Gasteiger partial charge is 0.237 e. The molecule has 4 heteroatoms. The highest BCUT2D eigenvalue weighted by atomic mass is 32.2. The first kappa shape index (κ1) is 14.9. The van der Waals surface area contributed by atoms with E-state index < -0.39 is 0 Å². The third-order valence-electron chi connectivity index (χ3n) is 3.58. The molecule has 2 rings (SSSR count). The van der Waals surface area contributed by atoms with Gasteiger partial charge in [-0.05, 0) is 38.0 Å². The minimum atomic E-state index is -0.0520. The van der Waals surface area contributed by atoms with Gasteiger partial charge < -0.3 is 5.32 Å². The van der Waals surface area contributed by atoms with Crippen LogP contribution in [0.4, 0.5) is 5.69 Å². The number of anilines is 1. The van der Waals surface area contributed by atoms with Crippen LogP contribution in [0.3, 0.4) is 0 Å². The van der Waals surface area contributed by atoms with Gasteiger partial charge in [0.15, 0.2) is 0 Å². The van der Waals surface area contributed by atoms with Crippen LogP contribution in [0.25, 0.3) is 0 Å². The quantitative estimate of drug-likeness (QED) is 0.912. The van der Waals surface area contributed by atoms with Crippen LogP contribution in [0.5, 0.6) is 0 Å². The van der Waals surface area contributed by atoms with E-state index in [1.807, 2.05) is 13.0 Å². The van der Waals surface area contributed by atoms with E-state index in [9.17, 15) is 4.79 Å². The summed E-state index contributed by atoms with van der Waals surface area (Å²) in [5, 5.41) is 12.3. The van der Waals surface area contributed by atoms with Gasteiger partial charge in [-0.15, -0.1) is 11.8 Å². The van der Waals surface area contributed by atoms with E-state index in [0.717, 1.165) is 0 Å². The Morgan fingerprint density at radius 3 is 2.85 bits per heavy atom. The molecule has 0 radical (unpaired) electrons. The molecule has 1 aliphatic rings. The van der Waals surface area contributed by atoms with Crippen LogP contribution in [0.1, 0.15) is 44.6 Å². The number of hydrogen-bond acceptors (Lipinski definition) is 3. The van der Waals surface area contributed by atoms with Gasteiger partial charge in [-0.2, -0.15) is 5.26 Å². The maximum absolute atomic E-state index is 12.2. The van der Waals surface area contributed by atoms with E-state index in [1.54, 1.807) is 30.0 Å². The van der Waals surface area contributed by atoms with Crippen molar-refractivity contribution in [1.82, 2.24) is 0 Å². The predicted octanol–water partition coefficient (Wildman–Crippen LogP) is 3.95. The summed E-state index contributed by atoms with van der Waals surface area (Å²) in [6.07, 6.45) is 6.36. The molecule has 3 nitrogen and oxygen atoms in total. The Bertz CT molecular complexity index is 503. The van der Waals surface area contributed by atoms with E-state index in [0.29, 0.717) is 16.5 Å². The minimum Gasteiger partial charge on any atom is -0.325 e. The fourth-order valence-corrected chi connectivity index (χ4v) is 3.83. The number of amides is 1. The van der Waals surface area contributed by atoms with Crippen LogP contribution in [0.15, 0.2) is 24.3 Å². The number of nitrogens with zero attached hydrogens (tertiary/aromatic N) is 1. The van der Waals surface area contributed by atoms with Gasteiger partial charge in [0.25, 0.3) is 0 Å². The fraction of sp³-hybridized carbons (Fsp3) is 0.500. The first-order chi connectivity index (χ1) is 9.69. The van der Waals surface area contributed by atoms with Crippen LogP contribution >= 0.6 is 11.8 Å². The first-order valence-corrected chi connectivity index (χ1v) is 8.10. The zero-order valence-electron chi connectivity index (χ0n) is 11.8. The lowest BCUT2D eigenvalue weighted by Crippen LogP contribution is -2.25. The monoisotopic (exact) mass is 288 g/mol. The molecular weight excluding hydrogens is 268 g/mol. The number of hydrogen-bond donors (Lipinski definition) is 1. The number of benzene rings is 1. The molecule has 1 aromatic carbocycles. The molecule has 106 valence electrons. The van der Waals surface area contributed by atoms with Crippen LogP contribution in [0, 0.1) is 11.3 Å². The molecule has 0 bridgehead atoms. The third kappa shape index (κ3) is 4.28. The average molecular weight is 288 g/mol. The average Bonchev–Trinajstić information content (AvgIpc) is 2.48. The first-order valence-electron chi connectivity index (χ1n) is 7.15. The van der Waals surface area contributed by atoms with Crippen molar-refractivity contribution < 1.29 is 4.79 Å². The van der Waals surface area contributed by atoms with Gasteiger partial charge in [-0.25, -0.2) is 0 Å². The molecule has 1 fully saturated rings. The van der Waals surface area contributed by atoms with Crippen molar-refractivity contribution in [3.63, 3.8) is 0 Å². The van der Waals surface area contributed by atoms with Crippen LogP contribution < -0.4 is 5.32 Å². The second-order valence-electron chi connectivity index (χ2n) is 5.22. The van der Waals surface area contributed by atoms with Crippen molar-refractivity contribution in [2.75, 3.05) is 5.32 Å². The molecule has 1 saturated carbocycles. The summed E-state index contributed by atoms with van der Waals surface area (Å²) in [7, 11) is 0. The van der Waals surface area contributed by atoms with Crippen LogP contribution in [-0.2, 0) is 4.79 Å². The van der Waals surface area contributed by atoms with Gasteiger partial charge >= 0.3 is 0 Å². The Balaban J connectivity index is 1.88. The number of carbonyl (C=O) groups is 1. The van der Waals surface area contributed by atoms with E-state index in [2.05, 4.69) is 11.4 Å². The maximum atomic E-state index is 12.2. The van der Waals surface area contributed by atoms with Gasteiger partial charge in [0.1, 0.15) is 0 Å². The normalized spacial score (nSPS) is 17.2. The summed E-state index contributed by atoms with van der Waals surface area (Å²) in [5.74, 6) is 0.0238. The summed E-state index contributed by atoms with van der Waals surface area (Å²) < 4.78 is 0. The van der Waals surface area contributed by atoms with Crippen molar-refractivity contribution in [2.45, 2.75) is 49.5 Å². The third-order valence-corrected chi connectivity index (χ3v) is 5.06. The molecule has 1 aliphatic carbocycles. The SMILES string of the molecule is C[C@@H](SC1CCCCC1)C(=O)Nc1cccc(C#N)c1. The maximum Gasteiger partial charge on any atom is 0.237 e. The van der Waals surface area contributed by atoms with E-state index in [1.165, 1.54) is 32.1 Å². The van der Waals surface area contributed by atoms with Gasteiger partial charge in [0.05, 0.1) is 16.9 Å². The Morgan fingerprint density at radius 2 is 2.15 bits per heavy atom. The molecule has 1 atom stereocenters. The van der Waals surface area contributed by atoms with E-state index >= 15 is 0 Å². The van der Waals surface area contributed by atoms with E-state index in [4.69, 9.17) is 5.26 Å². The highest BCUT2D eigenvalue weighted by Gasteiger charge is 2.21. The number of nitriles is 1. The van der Waals surface area contributed by atoms with Crippen LogP contribution in [0.2, 0.25) is 0 Å². The standard InChI is InChI=1S/C16H20N2OS/c1-12(20-15-8-3-2-4-9-15)16(19)18-14-7-5-6-13(10-14)11-17/h5-7,10,12,15H,2-4,8-9H2,1H3,(H,18,19)/t12-/m1/s1. The molecule has 0 spiro atoms. The fourth-order valence-electron chi connectivity index (χ4n) is 2.46. The highest BCUT2D eigenvalue weighted by Crippen LogP contribution is 2.31. The zero-order chi connectivity index (χ0) is 14.4. The highest BCUT2D eigenvalue weighted by molar-refractivity contribution is 8.01. The van der Waals surface area contributed by atoms with Gasteiger partial charge in [-0.3, -0.25) is 4.79 Å². The van der Waals surface area contributed by atoms with Gasteiger partial charge in [0.2, 0.25) is 5.91 Å². The lowest BCUT2D eigenvalue weighted by atomic mass is 10.0. The number of nitrogens with one attached hydrogen (secondary N) is 1. The summed E-state index contributed by atoms with van der Waals surface area (Å²) in [6, 6.07) is 9.12. The lowest BCUT2D eigenvalue weighted by molar-refractivity contribution is -0.115. The van der Waals surface area contributed by atoms with Crippen LogP contribution in [-0.4, -0.2) is 16.4 Å². The number of carbonyl (C=O) groups excluding carboxylic acids is 1. The summed E-state index contributed by atoms with van der Waals surface area (Å²) in [5.41, 5.74) is 1.26.